The Balaban J connectivity index is 1.56. The number of hydrogen-bond donors (Lipinski definition) is 3. The van der Waals surface area contributed by atoms with Crippen LogP contribution in [-0.4, -0.2) is 36.4 Å². The molecule has 0 unspecified atom stereocenters. The van der Waals surface area contributed by atoms with Gasteiger partial charge in [-0.25, -0.2) is 4.39 Å². The van der Waals surface area contributed by atoms with E-state index >= 15 is 0 Å². The summed E-state index contributed by atoms with van der Waals surface area (Å²) >= 11 is 0. The molecule has 3 aromatic rings. The fourth-order valence-corrected chi connectivity index (χ4v) is 3.29. The Morgan fingerprint density at radius 1 is 1.22 bits per heavy atom. The molecule has 0 saturated carbocycles. The minimum absolute atomic E-state index is 0.0221. The highest BCUT2D eigenvalue weighted by molar-refractivity contribution is 6.06. The summed E-state index contributed by atoms with van der Waals surface area (Å²) in [6, 6.07) is 11.9. The maximum Gasteiger partial charge on any atom is 0.272 e. The monoisotopic (exact) mass is 366 g/mol. The molecule has 1 aliphatic heterocycles. The molecule has 1 aromatic heterocycles. The van der Waals surface area contributed by atoms with E-state index < -0.39 is 0 Å². The van der Waals surface area contributed by atoms with Crippen LogP contribution in [0.15, 0.2) is 42.5 Å². The molecule has 3 N–H and O–H groups in total. The molecule has 6 nitrogen and oxygen atoms in total. The van der Waals surface area contributed by atoms with Crippen LogP contribution in [0.1, 0.15) is 16.1 Å². The molecule has 1 saturated heterocycles. The molecule has 1 fully saturated rings. The number of hydrogen-bond acceptors (Lipinski definition) is 3. The number of carbonyl (C=O) groups excluding carboxylic acids is 2. The second-order valence-corrected chi connectivity index (χ2v) is 6.61. The van der Waals surface area contributed by atoms with Crippen molar-refractivity contribution in [2.45, 2.75) is 6.92 Å². The molecular weight excluding hydrogens is 347 g/mol. The van der Waals surface area contributed by atoms with Gasteiger partial charge in [-0.05, 0) is 42.8 Å². The van der Waals surface area contributed by atoms with E-state index in [1.807, 2.05) is 30.0 Å². The van der Waals surface area contributed by atoms with Crippen LogP contribution < -0.4 is 15.5 Å². The number of benzene rings is 2. The van der Waals surface area contributed by atoms with Crippen molar-refractivity contribution in [3.8, 4) is 0 Å². The minimum Gasteiger partial charge on any atom is -0.360 e. The summed E-state index contributed by atoms with van der Waals surface area (Å²) in [5.74, 6) is -0.735. The van der Waals surface area contributed by atoms with Gasteiger partial charge in [-0.2, -0.15) is 0 Å². The number of aryl methyl sites for hydroxylation is 1. The standard InChI is InChI=1S/C20H19FN4O2/c1-12-5-6-16(21)15-10-17(24-19(12)15)20(27)23-13-3-2-4-14(9-13)25-8-7-22-18(26)11-25/h2-6,9-10,24H,7-8,11H2,1H3,(H,22,26)(H,23,27). The molecule has 0 bridgehead atoms. The second kappa shape index (κ2) is 6.75. The number of H-pyrrole nitrogens is 1. The van der Waals surface area contributed by atoms with Crippen molar-refractivity contribution in [1.82, 2.24) is 10.3 Å². The van der Waals surface area contributed by atoms with Gasteiger partial charge < -0.3 is 20.5 Å². The lowest BCUT2D eigenvalue weighted by molar-refractivity contribution is -0.120. The lowest BCUT2D eigenvalue weighted by Gasteiger charge is -2.28. The molecule has 2 heterocycles. The van der Waals surface area contributed by atoms with Crippen molar-refractivity contribution in [3.63, 3.8) is 0 Å². The summed E-state index contributed by atoms with van der Waals surface area (Å²) in [6.45, 7) is 3.45. The molecule has 0 atom stereocenters. The third-order valence-corrected chi connectivity index (χ3v) is 4.70. The Bertz CT molecular complexity index is 1000. The molecule has 0 aliphatic carbocycles. The number of halogens is 1. The van der Waals surface area contributed by atoms with Gasteiger partial charge in [0.25, 0.3) is 5.91 Å². The first kappa shape index (κ1) is 17.1. The molecule has 138 valence electrons. The fourth-order valence-electron chi connectivity index (χ4n) is 3.29. The number of nitrogens with zero attached hydrogens (tertiary/aromatic N) is 1. The van der Waals surface area contributed by atoms with Gasteiger partial charge in [-0.1, -0.05) is 12.1 Å². The molecule has 1 aliphatic rings. The molecule has 2 amide bonds. The van der Waals surface area contributed by atoms with E-state index in [2.05, 4.69) is 15.6 Å². The van der Waals surface area contributed by atoms with Gasteiger partial charge in [0.15, 0.2) is 0 Å². The topological polar surface area (TPSA) is 77.2 Å². The SMILES string of the molecule is Cc1ccc(F)c2cc(C(=O)Nc3cccc(N4CCNC(=O)C4)c3)[nH]c12. The van der Waals surface area contributed by atoms with Crippen LogP contribution in [0.25, 0.3) is 10.9 Å². The van der Waals surface area contributed by atoms with Gasteiger partial charge in [0.05, 0.1) is 12.1 Å². The van der Waals surface area contributed by atoms with E-state index in [4.69, 9.17) is 0 Å². The van der Waals surface area contributed by atoms with Crippen molar-refractivity contribution >= 4 is 34.1 Å². The highest BCUT2D eigenvalue weighted by Gasteiger charge is 2.17. The molecule has 27 heavy (non-hydrogen) atoms. The Kier molecular flexibility index (Phi) is 4.27. The van der Waals surface area contributed by atoms with Gasteiger partial charge in [-0.15, -0.1) is 0 Å². The Morgan fingerprint density at radius 2 is 2.07 bits per heavy atom. The Hall–Kier alpha value is -3.35. The smallest absolute Gasteiger partial charge is 0.272 e. The maximum absolute atomic E-state index is 14.0. The summed E-state index contributed by atoms with van der Waals surface area (Å²) in [5, 5.41) is 6.01. The number of aromatic amines is 1. The van der Waals surface area contributed by atoms with E-state index in [0.717, 1.165) is 11.3 Å². The number of nitrogens with one attached hydrogen (secondary N) is 3. The van der Waals surface area contributed by atoms with Crippen LogP contribution in [0.4, 0.5) is 15.8 Å². The number of fused-ring (bicyclic) bond motifs is 1. The number of amides is 2. The Morgan fingerprint density at radius 3 is 2.85 bits per heavy atom. The van der Waals surface area contributed by atoms with Gasteiger partial charge in [0.2, 0.25) is 5.91 Å². The summed E-state index contributed by atoms with van der Waals surface area (Å²) in [7, 11) is 0. The summed E-state index contributed by atoms with van der Waals surface area (Å²) in [5.41, 5.74) is 3.26. The zero-order valence-electron chi connectivity index (χ0n) is 14.8. The van der Waals surface area contributed by atoms with Crippen molar-refractivity contribution in [2.75, 3.05) is 29.9 Å². The van der Waals surface area contributed by atoms with Gasteiger partial charge in [0.1, 0.15) is 11.5 Å². The minimum atomic E-state index is -0.365. The van der Waals surface area contributed by atoms with Crippen molar-refractivity contribution in [2.24, 2.45) is 0 Å². The average molecular weight is 366 g/mol. The fraction of sp³-hybridized carbons (Fsp3) is 0.200. The zero-order valence-corrected chi connectivity index (χ0v) is 14.8. The van der Waals surface area contributed by atoms with E-state index in [-0.39, 0.29) is 24.2 Å². The second-order valence-electron chi connectivity index (χ2n) is 6.61. The first-order valence-electron chi connectivity index (χ1n) is 8.72. The average Bonchev–Trinajstić information content (AvgIpc) is 3.12. The highest BCUT2D eigenvalue weighted by atomic mass is 19.1. The van der Waals surface area contributed by atoms with Crippen molar-refractivity contribution < 1.29 is 14.0 Å². The van der Waals surface area contributed by atoms with Crippen molar-refractivity contribution in [1.29, 1.82) is 0 Å². The molecular formula is C20H19FN4O2. The predicted octanol–water partition coefficient (Wildman–Crippen LogP) is 2.80. The van der Waals surface area contributed by atoms with E-state index in [0.29, 0.717) is 35.4 Å². The first-order chi connectivity index (χ1) is 13.0. The maximum atomic E-state index is 14.0. The molecule has 0 radical (unpaired) electrons. The zero-order chi connectivity index (χ0) is 19.0. The predicted molar refractivity (Wildman–Crippen MR) is 103 cm³/mol. The number of carbonyl (C=O) groups is 2. The van der Waals surface area contributed by atoms with Crippen LogP contribution in [0, 0.1) is 12.7 Å². The summed E-state index contributed by atoms with van der Waals surface area (Å²) in [4.78, 5) is 29.1. The lowest BCUT2D eigenvalue weighted by atomic mass is 10.1. The number of anilines is 2. The molecule has 4 rings (SSSR count). The van der Waals surface area contributed by atoms with Crippen LogP contribution in [0.2, 0.25) is 0 Å². The van der Waals surface area contributed by atoms with Crippen LogP contribution in [0.3, 0.4) is 0 Å². The third kappa shape index (κ3) is 3.36. The number of rotatable bonds is 3. The van der Waals surface area contributed by atoms with Crippen LogP contribution in [0.5, 0.6) is 0 Å². The quantitative estimate of drug-likeness (QED) is 0.667. The van der Waals surface area contributed by atoms with Crippen molar-refractivity contribution in [3.05, 3.63) is 59.5 Å². The third-order valence-electron chi connectivity index (χ3n) is 4.70. The first-order valence-corrected chi connectivity index (χ1v) is 8.72. The Labute approximate surface area is 155 Å². The number of aromatic nitrogens is 1. The van der Waals surface area contributed by atoms with Crippen LogP contribution in [-0.2, 0) is 4.79 Å². The van der Waals surface area contributed by atoms with E-state index in [9.17, 15) is 14.0 Å². The van der Waals surface area contributed by atoms with Gasteiger partial charge >= 0.3 is 0 Å². The molecule has 2 aromatic carbocycles. The lowest BCUT2D eigenvalue weighted by Crippen LogP contribution is -2.47. The van der Waals surface area contributed by atoms with Crippen LogP contribution >= 0.6 is 0 Å². The molecule has 7 heteroatoms. The van der Waals surface area contributed by atoms with Gasteiger partial charge in [-0.3, -0.25) is 9.59 Å². The van der Waals surface area contributed by atoms with Gasteiger partial charge in [0, 0.05) is 29.9 Å². The largest absolute Gasteiger partial charge is 0.360 e. The normalized spacial score (nSPS) is 14.3. The highest BCUT2D eigenvalue weighted by Crippen LogP contribution is 2.24. The molecule has 0 spiro atoms. The van der Waals surface area contributed by atoms with E-state index in [1.54, 1.807) is 12.1 Å². The van der Waals surface area contributed by atoms with E-state index in [1.165, 1.54) is 12.1 Å². The summed E-state index contributed by atoms with van der Waals surface area (Å²) < 4.78 is 14.0. The number of piperazine rings is 1. The summed E-state index contributed by atoms with van der Waals surface area (Å²) in [6.07, 6.45) is 0.